The lowest BCUT2D eigenvalue weighted by Gasteiger charge is -2.23. The Balaban J connectivity index is 1.85. The number of ketones is 1. The quantitative estimate of drug-likeness (QED) is 0.555. The molecule has 2 N–H and O–H groups in total. The zero-order valence-corrected chi connectivity index (χ0v) is 17.0. The number of hydrogen-bond donors (Lipinski definition) is 2. The molecular weight excluding hydrogens is 348 g/mol. The highest BCUT2D eigenvalue weighted by molar-refractivity contribution is 5.94. The number of carbonyl (C=O) groups excluding carboxylic acids is 1. The first-order chi connectivity index (χ1) is 13.2. The standard InChI is InChI=1S/C23H26N4O/c1-15(28)17-10-12-18(13-11-17)26-21-14-22(25-16(2)24-21)27-20-9-7-6-8-19(20)23(3,4)5/h6-14H,1-5H3,(H2,24,25,26,27). The molecule has 0 saturated carbocycles. The summed E-state index contributed by atoms with van der Waals surface area (Å²) in [7, 11) is 0. The van der Waals surface area contributed by atoms with E-state index >= 15 is 0 Å². The SMILES string of the molecule is CC(=O)c1ccc(Nc2cc(Nc3ccccc3C(C)(C)C)nc(C)n2)cc1. The Morgan fingerprint density at radius 3 is 2.11 bits per heavy atom. The van der Waals surface area contributed by atoms with Gasteiger partial charge in [-0.1, -0.05) is 39.0 Å². The van der Waals surface area contributed by atoms with Crippen molar-refractivity contribution in [1.29, 1.82) is 0 Å². The van der Waals surface area contributed by atoms with Gasteiger partial charge in [0.15, 0.2) is 5.78 Å². The largest absolute Gasteiger partial charge is 0.340 e. The summed E-state index contributed by atoms with van der Waals surface area (Å²) in [6, 6.07) is 17.5. The van der Waals surface area contributed by atoms with Crippen LogP contribution in [0.5, 0.6) is 0 Å². The molecule has 2 aromatic carbocycles. The average molecular weight is 374 g/mol. The van der Waals surface area contributed by atoms with Crippen molar-refractivity contribution in [2.45, 2.75) is 40.0 Å². The maximum Gasteiger partial charge on any atom is 0.159 e. The number of carbonyl (C=O) groups is 1. The minimum Gasteiger partial charge on any atom is -0.340 e. The average Bonchev–Trinajstić information content (AvgIpc) is 2.61. The number of aryl methyl sites for hydroxylation is 1. The molecule has 0 fully saturated rings. The van der Waals surface area contributed by atoms with Gasteiger partial charge in [-0.05, 0) is 55.2 Å². The van der Waals surface area contributed by atoms with E-state index in [0.717, 1.165) is 17.2 Å². The third-order valence-corrected chi connectivity index (χ3v) is 4.40. The Labute approximate surface area is 166 Å². The topological polar surface area (TPSA) is 66.9 Å². The molecule has 0 aliphatic heterocycles. The molecule has 0 aliphatic carbocycles. The van der Waals surface area contributed by atoms with E-state index in [1.807, 2.05) is 31.2 Å². The van der Waals surface area contributed by atoms with Crippen molar-refractivity contribution in [3.63, 3.8) is 0 Å². The third-order valence-electron chi connectivity index (χ3n) is 4.40. The van der Waals surface area contributed by atoms with Crippen LogP contribution in [0.1, 0.15) is 49.4 Å². The molecule has 5 heteroatoms. The van der Waals surface area contributed by atoms with E-state index in [1.165, 1.54) is 5.56 Å². The van der Waals surface area contributed by atoms with Gasteiger partial charge in [0.2, 0.25) is 0 Å². The highest BCUT2D eigenvalue weighted by atomic mass is 16.1. The van der Waals surface area contributed by atoms with Crippen LogP contribution in [0, 0.1) is 6.92 Å². The maximum absolute atomic E-state index is 11.4. The third kappa shape index (κ3) is 4.74. The molecule has 0 spiro atoms. The normalized spacial score (nSPS) is 11.2. The minimum absolute atomic E-state index is 0.0191. The number of nitrogens with one attached hydrogen (secondary N) is 2. The van der Waals surface area contributed by atoms with Crippen LogP contribution in [-0.2, 0) is 5.41 Å². The summed E-state index contributed by atoms with van der Waals surface area (Å²) in [4.78, 5) is 20.4. The van der Waals surface area contributed by atoms with Gasteiger partial charge in [-0.2, -0.15) is 0 Å². The zero-order valence-electron chi connectivity index (χ0n) is 17.0. The lowest BCUT2D eigenvalue weighted by molar-refractivity contribution is 0.101. The molecule has 0 aliphatic rings. The monoisotopic (exact) mass is 374 g/mol. The molecule has 0 atom stereocenters. The number of benzene rings is 2. The molecule has 0 bridgehead atoms. The molecule has 0 unspecified atom stereocenters. The molecule has 28 heavy (non-hydrogen) atoms. The highest BCUT2D eigenvalue weighted by Crippen LogP contribution is 2.31. The van der Waals surface area contributed by atoms with E-state index in [4.69, 9.17) is 0 Å². The van der Waals surface area contributed by atoms with Gasteiger partial charge < -0.3 is 10.6 Å². The first kappa shape index (κ1) is 19.5. The van der Waals surface area contributed by atoms with E-state index in [0.29, 0.717) is 17.2 Å². The van der Waals surface area contributed by atoms with E-state index in [1.54, 1.807) is 19.1 Å². The number of aromatic nitrogens is 2. The highest BCUT2D eigenvalue weighted by Gasteiger charge is 2.18. The van der Waals surface area contributed by atoms with Crippen LogP contribution in [0.2, 0.25) is 0 Å². The van der Waals surface area contributed by atoms with Gasteiger partial charge >= 0.3 is 0 Å². The van der Waals surface area contributed by atoms with Gasteiger partial charge in [-0.3, -0.25) is 4.79 Å². The fourth-order valence-electron chi connectivity index (χ4n) is 3.02. The van der Waals surface area contributed by atoms with Crippen LogP contribution in [-0.4, -0.2) is 15.8 Å². The molecule has 0 saturated heterocycles. The predicted molar refractivity (Wildman–Crippen MR) is 115 cm³/mol. The Hall–Kier alpha value is -3.21. The van der Waals surface area contributed by atoms with Crippen molar-refractivity contribution in [2.75, 3.05) is 10.6 Å². The van der Waals surface area contributed by atoms with Gasteiger partial charge in [0.05, 0.1) is 0 Å². The fraction of sp³-hybridized carbons (Fsp3) is 0.261. The van der Waals surface area contributed by atoms with Gasteiger partial charge in [-0.15, -0.1) is 0 Å². The van der Waals surface area contributed by atoms with Crippen molar-refractivity contribution in [3.05, 3.63) is 71.5 Å². The summed E-state index contributed by atoms with van der Waals surface area (Å²) in [5, 5.41) is 6.71. The van der Waals surface area contributed by atoms with Crippen molar-refractivity contribution in [3.8, 4) is 0 Å². The number of Topliss-reactive ketones (excluding diaryl/α,β-unsaturated/α-hetero) is 1. The molecule has 1 heterocycles. The molecule has 1 aromatic heterocycles. The maximum atomic E-state index is 11.4. The van der Waals surface area contributed by atoms with Gasteiger partial charge in [0.25, 0.3) is 0 Å². The molecule has 0 radical (unpaired) electrons. The summed E-state index contributed by atoms with van der Waals surface area (Å²) in [5.74, 6) is 2.14. The van der Waals surface area contributed by atoms with Crippen molar-refractivity contribution in [2.24, 2.45) is 0 Å². The van der Waals surface area contributed by atoms with Crippen LogP contribution < -0.4 is 10.6 Å². The van der Waals surface area contributed by atoms with E-state index < -0.39 is 0 Å². The Bertz CT molecular complexity index is 988. The lowest BCUT2D eigenvalue weighted by Crippen LogP contribution is -2.14. The number of rotatable bonds is 5. The predicted octanol–water partition coefficient (Wildman–Crippen LogP) is 5.77. The van der Waals surface area contributed by atoms with Crippen LogP contribution >= 0.6 is 0 Å². The second-order valence-electron chi connectivity index (χ2n) is 7.86. The Morgan fingerprint density at radius 1 is 0.893 bits per heavy atom. The minimum atomic E-state index is 0.0191. The van der Waals surface area contributed by atoms with Gasteiger partial charge in [0, 0.05) is 23.0 Å². The fourth-order valence-corrected chi connectivity index (χ4v) is 3.02. The number of anilines is 4. The first-order valence-electron chi connectivity index (χ1n) is 9.32. The van der Waals surface area contributed by atoms with Crippen LogP contribution in [0.3, 0.4) is 0 Å². The summed E-state index contributed by atoms with van der Waals surface area (Å²) in [5.41, 5.74) is 3.82. The van der Waals surface area contributed by atoms with E-state index in [2.05, 4.69) is 59.6 Å². The van der Waals surface area contributed by atoms with Gasteiger partial charge in [0.1, 0.15) is 17.5 Å². The van der Waals surface area contributed by atoms with Crippen molar-refractivity contribution < 1.29 is 4.79 Å². The molecule has 3 rings (SSSR count). The van der Waals surface area contributed by atoms with Crippen molar-refractivity contribution >= 4 is 28.8 Å². The van der Waals surface area contributed by atoms with E-state index in [-0.39, 0.29) is 11.2 Å². The number of nitrogens with zero attached hydrogens (tertiary/aromatic N) is 2. The molecule has 0 amide bonds. The lowest BCUT2D eigenvalue weighted by atomic mass is 9.86. The van der Waals surface area contributed by atoms with Crippen molar-refractivity contribution in [1.82, 2.24) is 9.97 Å². The summed E-state index contributed by atoms with van der Waals surface area (Å²) >= 11 is 0. The molecule has 5 nitrogen and oxygen atoms in total. The van der Waals surface area contributed by atoms with Crippen LogP contribution in [0.15, 0.2) is 54.6 Å². The van der Waals surface area contributed by atoms with E-state index in [9.17, 15) is 4.79 Å². The Morgan fingerprint density at radius 2 is 1.50 bits per heavy atom. The Kier molecular flexibility index (Phi) is 5.45. The summed E-state index contributed by atoms with van der Waals surface area (Å²) in [6.07, 6.45) is 0. The smallest absolute Gasteiger partial charge is 0.159 e. The van der Waals surface area contributed by atoms with Crippen LogP contribution in [0.25, 0.3) is 0 Å². The molecular formula is C23H26N4O. The zero-order chi connectivity index (χ0) is 20.3. The summed E-state index contributed by atoms with van der Waals surface area (Å²) < 4.78 is 0. The molecule has 3 aromatic rings. The molecule has 144 valence electrons. The number of hydrogen-bond acceptors (Lipinski definition) is 5. The number of para-hydroxylation sites is 1. The second kappa shape index (κ2) is 7.80. The summed E-state index contributed by atoms with van der Waals surface area (Å²) in [6.45, 7) is 10.00. The first-order valence-corrected chi connectivity index (χ1v) is 9.32. The van der Waals surface area contributed by atoms with Crippen LogP contribution in [0.4, 0.5) is 23.0 Å². The van der Waals surface area contributed by atoms with Gasteiger partial charge in [-0.25, -0.2) is 9.97 Å². The second-order valence-corrected chi connectivity index (χ2v) is 7.86.